The van der Waals surface area contributed by atoms with Crippen molar-refractivity contribution < 1.29 is 15.0 Å². The molecule has 5 fully saturated rings. The largest absolute Gasteiger partial charge is 0.378 e. The van der Waals surface area contributed by atoms with Crippen LogP contribution < -0.4 is 4.90 Å². The van der Waals surface area contributed by atoms with Crippen LogP contribution in [0.4, 0.5) is 5.69 Å². The minimum atomic E-state index is -0.914. The topological polar surface area (TPSA) is 60.8 Å². The third-order valence-electron chi connectivity index (χ3n) is 17.0. The van der Waals surface area contributed by atoms with E-state index in [1.54, 1.807) is 11.1 Å². The number of fused-ring (bicyclic) bond motifs is 9. The predicted molar refractivity (Wildman–Crippen MR) is 224 cm³/mol. The number of terminal acetylenes is 1. The van der Waals surface area contributed by atoms with Crippen molar-refractivity contribution in [2.24, 2.45) is 46.3 Å². The Morgan fingerprint density at radius 3 is 2.40 bits per heavy atom. The quantitative estimate of drug-likeness (QED) is 0.239. The maximum absolute atomic E-state index is 12.2. The van der Waals surface area contributed by atoms with Gasteiger partial charge in [-0.25, -0.2) is 0 Å². The van der Waals surface area contributed by atoms with Gasteiger partial charge in [0.2, 0.25) is 0 Å². The lowest BCUT2D eigenvalue weighted by Crippen LogP contribution is -2.54. The van der Waals surface area contributed by atoms with Gasteiger partial charge in [0, 0.05) is 43.0 Å². The van der Waals surface area contributed by atoms with Crippen LogP contribution in [0.5, 0.6) is 0 Å². The fraction of sp³-hybridized carbons (Fsp3) is 0.627. The summed E-state index contributed by atoms with van der Waals surface area (Å²) in [5, 5.41) is 22.9. The summed E-state index contributed by atoms with van der Waals surface area (Å²) in [5.41, 5.74) is 7.79. The van der Waals surface area contributed by atoms with Crippen LogP contribution in [0, 0.1) is 70.5 Å². The first-order chi connectivity index (χ1) is 26.3. The lowest BCUT2D eigenvalue weighted by Gasteiger charge is -2.56. The standard InChI is InChI=1S/C29H35NO2.C22H30O/c1-5-15-29(32)16-14-26-24-12-8-20-17-22(31)11-13-23(20)27(24)25(18-28(26,29)2)19-6-9-21(10-7-19)30(3)4;1-4-21-14-15(3)20-17-9-7-6-8-16(17)10-11-18(20)19(21)12-13-22(21,23)5-2/h6-7,9-10,17,24-26,32H,8,11-14,16,18H2,1-4H3;2,8,17-20,23H,3-4,6-7,9-14H2,1H3/t24-,25+,26-,28-,29-;17-,18-,19-,20+,21-,22-/m00/s1. The van der Waals surface area contributed by atoms with Crippen molar-refractivity contribution in [3.63, 3.8) is 0 Å². The first-order valence-electron chi connectivity index (χ1n) is 21.8. The Morgan fingerprint density at radius 2 is 1.69 bits per heavy atom. The Morgan fingerprint density at radius 1 is 0.945 bits per heavy atom. The molecule has 0 spiro atoms. The number of anilines is 1. The van der Waals surface area contributed by atoms with E-state index in [2.05, 4.69) is 87.5 Å². The van der Waals surface area contributed by atoms with Crippen LogP contribution in [0.1, 0.15) is 135 Å². The second-order valence-corrected chi connectivity index (χ2v) is 19.3. The number of hydrogen-bond acceptors (Lipinski definition) is 4. The highest BCUT2D eigenvalue weighted by molar-refractivity contribution is 5.93. The highest BCUT2D eigenvalue weighted by Crippen LogP contribution is 2.68. The molecule has 2 N–H and O–H groups in total. The highest BCUT2D eigenvalue weighted by Gasteiger charge is 2.65. The van der Waals surface area contributed by atoms with Gasteiger partial charge in [-0.2, -0.15) is 0 Å². The van der Waals surface area contributed by atoms with Crippen molar-refractivity contribution in [3.8, 4) is 24.2 Å². The van der Waals surface area contributed by atoms with Crippen LogP contribution in [0.15, 0.2) is 70.9 Å². The van der Waals surface area contributed by atoms with Gasteiger partial charge in [0.25, 0.3) is 0 Å². The van der Waals surface area contributed by atoms with Crippen molar-refractivity contribution in [3.05, 3.63) is 76.4 Å². The fourth-order valence-electron chi connectivity index (χ4n) is 14.4. The van der Waals surface area contributed by atoms with Crippen molar-refractivity contribution in [2.75, 3.05) is 19.0 Å². The minimum absolute atomic E-state index is 0.115. The van der Waals surface area contributed by atoms with Gasteiger partial charge in [-0.15, -0.1) is 12.3 Å². The molecular formula is C51H65NO3. The number of carbonyl (C=O) groups is 1. The van der Waals surface area contributed by atoms with Crippen molar-refractivity contribution >= 4 is 11.5 Å². The summed E-state index contributed by atoms with van der Waals surface area (Å²) in [7, 11) is 4.14. The molecule has 0 radical (unpaired) electrons. The van der Waals surface area contributed by atoms with Gasteiger partial charge in [-0.05, 0) is 174 Å². The van der Waals surface area contributed by atoms with E-state index in [0.717, 1.165) is 70.1 Å². The zero-order valence-electron chi connectivity index (χ0n) is 34.4. The van der Waals surface area contributed by atoms with E-state index in [-0.39, 0.29) is 22.5 Å². The predicted octanol–water partition coefficient (Wildman–Crippen LogP) is 10.3. The van der Waals surface area contributed by atoms with E-state index in [4.69, 9.17) is 6.42 Å². The molecule has 0 unspecified atom stereocenters. The van der Waals surface area contributed by atoms with Gasteiger partial charge in [0.1, 0.15) is 11.2 Å². The second kappa shape index (κ2) is 14.3. The SMILES string of the molecule is C#C[C@]1(O)CC[C@H]2[C@@H]3CCC4=CCCC[C@@H]4[C@H]3C(=C)C[C@@]21CC.CC#C[C@]1(O)CC[C@H]2[C@@H]3CCC4=CC(=O)CCC4=C3[C@@H](c3ccc(N(C)C)cc3)C[C@@]21C. The number of carbonyl (C=O) groups excluding carboxylic acids is 1. The summed E-state index contributed by atoms with van der Waals surface area (Å²) < 4.78 is 0. The molecule has 0 amide bonds. The maximum atomic E-state index is 12.2. The molecule has 1 aromatic carbocycles. The van der Waals surface area contributed by atoms with E-state index in [1.807, 2.05) is 13.0 Å². The molecule has 9 rings (SSSR count). The van der Waals surface area contributed by atoms with Gasteiger partial charge >= 0.3 is 0 Å². The first kappa shape index (κ1) is 38.6. The summed E-state index contributed by atoms with van der Waals surface area (Å²) in [6, 6.07) is 8.97. The molecule has 8 aliphatic rings. The van der Waals surface area contributed by atoms with E-state index in [9.17, 15) is 15.0 Å². The summed E-state index contributed by atoms with van der Waals surface area (Å²) in [4.78, 5) is 14.3. The molecule has 0 aliphatic heterocycles. The Kier molecular flexibility index (Phi) is 10.00. The van der Waals surface area contributed by atoms with Crippen LogP contribution in [-0.4, -0.2) is 41.3 Å². The average Bonchev–Trinajstić information content (AvgIpc) is 3.63. The Hall–Kier alpha value is -3.31. The van der Waals surface area contributed by atoms with Gasteiger partial charge in [-0.1, -0.05) is 67.2 Å². The number of hydrogen-bond donors (Lipinski definition) is 2. The molecular weight excluding hydrogens is 675 g/mol. The number of nitrogens with zero attached hydrogens (tertiary/aromatic N) is 1. The van der Waals surface area contributed by atoms with Gasteiger partial charge in [0.15, 0.2) is 5.78 Å². The zero-order chi connectivity index (χ0) is 38.9. The summed E-state index contributed by atoms with van der Waals surface area (Å²) in [6.07, 6.45) is 26.9. The third kappa shape index (κ3) is 5.90. The summed E-state index contributed by atoms with van der Waals surface area (Å²) in [5.74, 6) is 13.2. The molecule has 11 atom stereocenters. The second-order valence-electron chi connectivity index (χ2n) is 19.3. The molecule has 0 saturated heterocycles. The van der Waals surface area contributed by atoms with Crippen molar-refractivity contribution in [1.82, 2.24) is 0 Å². The lowest BCUT2D eigenvalue weighted by molar-refractivity contribution is -0.114. The van der Waals surface area contributed by atoms with Gasteiger partial charge in [0.05, 0.1) is 0 Å². The van der Waals surface area contributed by atoms with E-state index in [0.29, 0.717) is 36.0 Å². The molecule has 292 valence electrons. The Bertz CT molecular complexity index is 1930. The normalized spacial score (nSPS) is 41.2. The molecule has 5 saturated carbocycles. The summed E-state index contributed by atoms with van der Waals surface area (Å²) >= 11 is 0. The Labute approximate surface area is 332 Å². The number of ketones is 1. The molecule has 1 aromatic rings. The van der Waals surface area contributed by atoms with Crippen LogP contribution >= 0.6 is 0 Å². The molecule has 0 aromatic heterocycles. The Balaban J connectivity index is 0.000000164. The molecule has 0 bridgehead atoms. The maximum Gasteiger partial charge on any atom is 0.156 e. The fourth-order valence-corrected chi connectivity index (χ4v) is 14.4. The van der Waals surface area contributed by atoms with E-state index in [1.165, 1.54) is 60.1 Å². The van der Waals surface area contributed by atoms with Crippen LogP contribution in [0.3, 0.4) is 0 Å². The molecule has 0 heterocycles. The molecule has 4 nitrogen and oxygen atoms in total. The molecule has 55 heavy (non-hydrogen) atoms. The first-order valence-corrected chi connectivity index (χ1v) is 21.8. The van der Waals surface area contributed by atoms with Gasteiger partial charge in [-0.3, -0.25) is 4.79 Å². The lowest BCUT2D eigenvalue weighted by atomic mass is 9.48. The van der Waals surface area contributed by atoms with Crippen LogP contribution in [0.2, 0.25) is 0 Å². The van der Waals surface area contributed by atoms with Crippen molar-refractivity contribution in [2.45, 2.75) is 141 Å². The van der Waals surface area contributed by atoms with Crippen LogP contribution in [0.25, 0.3) is 0 Å². The van der Waals surface area contributed by atoms with E-state index < -0.39 is 11.2 Å². The van der Waals surface area contributed by atoms with Crippen LogP contribution in [-0.2, 0) is 4.79 Å². The smallest absolute Gasteiger partial charge is 0.156 e. The third-order valence-corrected chi connectivity index (χ3v) is 17.0. The van der Waals surface area contributed by atoms with Gasteiger partial charge < -0.3 is 15.1 Å². The van der Waals surface area contributed by atoms with Crippen molar-refractivity contribution in [1.29, 1.82) is 0 Å². The molecule has 4 heteroatoms. The number of allylic oxidation sites excluding steroid dienone is 7. The minimum Gasteiger partial charge on any atom is -0.378 e. The highest BCUT2D eigenvalue weighted by atomic mass is 16.3. The number of rotatable bonds is 3. The van der Waals surface area contributed by atoms with E-state index >= 15 is 0 Å². The number of benzene rings is 1. The monoisotopic (exact) mass is 739 g/mol. The average molecular weight is 740 g/mol. The molecule has 8 aliphatic carbocycles. The zero-order valence-corrected chi connectivity index (χ0v) is 34.4. The summed E-state index contributed by atoms with van der Waals surface area (Å²) in [6.45, 7) is 10.9. The number of aliphatic hydroxyl groups is 2.